The molecule has 2 heteroatoms. The van der Waals surface area contributed by atoms with Crippen molar-refractivity contribution >= 4 is 5.97 Å². The molecule has 0 bridgehead atoms. The van der Waals surface area contributed by atoms with Crippen LogP contribution in [0.2, 0.25) is 0 Å². The Morgan fingerprint density at radius 1 is 0.739 bits per heavy atom. The zero-order valence-corrected chi connectivity index (χ0v) is 16.0. The van der Waals surface area contributed by atoms with Gasteiger partial charge in [-0.1, -0.05) is 97.0 Å². The number of allylic oxidation sites excluding steroid dienone is 1. The summed E-state index contributed by atoms with van der Waals surface area (Å²) in [5.74, 6) is -0.131. The second-order valence-electron chi connectivity index (χ2n) is 6.65. The van der Waals surface area contributed by atoms with Crippen molar-refractivity contribution in [3.8, 4) is 0 Å². The fourth-order valence-corrected chi connectivity index (χ4v) is 2.88. The molecule has 0 spiro atoms. The summed E-state index contributed by atoms with van der Waals surface area (Å²) < 4.78 is 4.89. The van der Waals surface area contributed by atoms with E-state index in [1.807, 2.05) is 0 Å². The summed E-state index contributed by atoms with van der Waals surface area (Å²) >= 11 is 0. The molecule has 0 amide bonds. The Bertz CT molecular complexity index is 294. The normalized spacial score (nSPS) is 11.7. The minimum atomic E-state index is -0.131. The van der Waals surface area contributed by atoms with Crippen LogP contribution >= 0.6 is 0 Å². The van der Waals surface area contributed by atoms with Crippen LogP contribution in [0.3, 0.4) is 0 Å². The van der Waals surface area contributed by atoms with Gasteiger partial charge in [-0.2, -0.15) is 0 Å². The molecule has 0 aliphatic rings. The molecular formula is C21H40O2. The Hall–Kier alpha value is -0.790. The van der Waals surface area contributed by atoms with Crippen LogP contribution in [0.25, 0.3) is 0 Å². The molecule has 0 unspecified atom stereocenters. The molecule has 0 saturated heterocycles. The largest absolute Gasteiger partial charge is 0.466 e. The van der Waals surface area contributed by atoms with Gasteiger partial charge in [-0.25, -0.2) is 4.79 Å². The average molecular weight is 325 g/mol. The van der Waals surface area contributed by atoms with Crippen LogP contribution in [0.15, 0.2) is 11.6 Å². The molecule has 0 atom stereocenters. The number of rotatable bonds is 16. The molecule has 0 radical (unpaired) electrons. The highest BCUT2D eigenvalue weighted by Gasteiger charge is 2.08. The Kier molecular flexibility index (Phi) is 17.0. The first-order valence-electron chi connectivity index (χ1n) is 10.0. The van der Waals surface area contributed by atoms with Gasteiger partial charge in [-0.3, -0.25) is 0 Å². The van der Waals surface area contributed by atoms with Crippen LogP contribution in [-0.4, -0.2) is 13.1 Å². The van der Waals surface area contributed by atoms with Gasteiger partial charge in [0.05, 0.1) is 7.11 Å². The lowest BCUT2D eigenvalue weighted by Gasteiger charge is -2.06. The molecule has 0 aromatic carbocycles. The Morgan fingerprint density at radius 2 is 1.22 bits per heavy atom. The van der Waals surface area contributed by atoms with E-state index in [0.29, 0.717) is 0 Å². The summed E-state index contributed by atoms with van der Waals surface area (Å²) in [6.07, 6.45) is 21.0. The molecule has 0 saturated carbocycles. The van der Waals surface area contributed by atoms with Crippen LogP contribution in [0.5, 0.6) is 0 Å². The first kappa shape index (κ1) is 22.2. The number of carbonyl (C=O) groups is 1. The van der Waals surface area contributed by atoms with E-state index in [2.05, 4.69) is 19.9 Å². The highest BCUT2D eigenvalue weighted by atomic mass is 16.5. The zero-order chi connectivity index (χ0) is 17.2. The second kappa shape index (κ2) is 17.6. The van der Waals surface area contributed by atoms with E-state index in [1.165, 1.54) is 77.7 Å². The molecule has 136 valence electrons. The number of carbonyl (C=O) groups excluding carboxylic acids is 1. The monoisotopic (exact) mass is 324 g/mol. The van der Waals surface area contributed by atoms with Crippen molar-refractivity contribution in [1.29, 1.82) is 0 Å². The van der Waals surface area contributed by atoms with Gasteiger partial charge in [0.1, 0.15) is 0 Å². The fraction of sp³-hybridized carbons (Fsp3) is 0.857. The zero-order valence-electron chi connectivity index (χ0n) is 16.0. The third kappa shape index (κ3) is 14.5. The number of unbranched alkanes of at least 4 members (excludes halogenated alkanes) is 12. The van der Waals surface area contributed by atoms with Gasteiger partial charge in [0.25, 0.3) is 0 Å². The number of hydrogen-bond acceptors (Lipinski definition) is 2. The molecule has 0 N–H and O–H groups in total. The van der Waals surface area contributed by atoms with Gasteiger partial charge >= 0.3 is 5.97 Å². The van der Waals surface area contributed by atoms with Crippen molar-refractivity contribution in [2.75, 3.05) is 7.11 Å². The van der Waals surface area contributed by atoms with Crippen molar-refractivity contribution in [3.05, 3.63) is 11.6 Å². The second-order valence-corrected chi connectivity index (χ2v) is 6.65. The lowest BCUT2D eigenvalue weighted by Crippen LogP contribution is -2.05. The minimum Gasteiger partial charge on any atom is -0.466 e. The Balaban J connectivity index is 3.58. The van der Waals surface area contributed by atoms with Crippen molar-refractivity contribution in [1.82, 2.24) is 0 Å². The smallest absolute Gasteiger partial charge is 0.333 e. The molecule has 0 aliphatic carbocycles. The van der Waals surface area contributed by atoms with E-state index in [9.17, 15) is 4.79 Å². The lowest BCUT2D eigenvalue weighted by atomic mass is 10.0. The molecule has 0 heterocycles. The highest BCUT2D eigenvalue weighted by molar-refractivity contribution is 5.88. The lowest BCUT2D eigenvalue weighted by molar-refractivity contribution is -0.136. The Morgan fingerprint density at radius 3 is 1.70 bits per heavy atom. The Labute approximate surface area is 145 Å². The van der Waals surface area contributed by atoms with E-state index in [-0.39, 0.29) is 5.97 Å². The van der Waals surface area contributed by atoms with Gasteiger partial charge in [0.15, 0.2) is 0 Å². The predicted molar refractivity (Wildman–Crippen MR) is 101 cm³/mol. The molecule has 0 aliphatic heterocycles. The number of ether oxygens (including phenoxy) is 1. The summed E-state index contributed by atoms with van der Waals surface area (Å²) in [5.41, 5.74) is 0.886. The highest BCUT2D eigenvalue weighted by Crippen LogP contribution is 2.15. The summed E-state index contributed by atoms with van der Waals surface area (Å²) in [6, 6.07) is 0. The van der Waals surface area contributed by atoms with Gasteiger partial charge in [-0.05, 0) is 19.3 Å². The molecule has 0 fully saturated rings. The van der Waals surface area contributed by atoms with Crippen molar-refractivity contribution in [2.45, 2.75) is 110 Å². The molecule has 0 aromatic rings. The summed E-state index contributed by atoms with van der Waals surface area (Å²) in [5, 5.41) is 0. The van der Waals surface area contributed by atoms with Crippen molar-refractivity contribution in [3.63, 3.8) is 0 Å². The van der Waals surface area contributed by atoms with Crippen LogP contribution in [0, 0.1) is 0 Å². The third-order valence-electron chi connectivity index (χ3n) is 4.45. The van der Waals surface area contributed by atoms with E-state index >= 15 is 0 Å². The minimum absolute atomic E-state index is 0.131. The first-order chi connectivity index (χ1) is 11.3. The standard InChI is InChI=1S/C21H40O2/c1-4-6-8-9-10-11-12-13-14-15-17-19-20(21(22)23-3)18-16-7-5-2/h18H,4-17,19H2,1-3H3. The van der Waals surface area contributed by atoms with E-state index in [0.717, 1.165) is 31.3 Å². The van der Waals surface area contributed by atoms with Gasteiger partial charge in [-0.15, -0.1) is 0 Å². The van der Waals surface area contributed by atoms with Crippen LogP contribution in [-0.2, 0) is 9.53 Å². The van der Waals surface area contributed by atoms with Crippen molar-refractivity contribution < 1.29 is 9.53 Å². The van der Waals surface area contributed by atoms with Gasteiger partial charge in [0.2, 0.25) is 0 Å². The topological polar surface area (TPSA) is 26.3 Å². The summed E-state index contributed by atoms with van der Waals surface area (Å²) in [7, 11) is 1.48. The van der Waals surface area contributed by atoms with Crippen molar-refractivity contribution in [2.24, 2.45) is 0 Å². The molecular weight excluding hydrogens is 284 g/mol. The van der Waals surface area contributed by atoms with Gasteiger partial charge < -0.3 is 4.74 Å². The molecule has 2 nitrogen and oxygen atoms in total. The van der Waals surface area contributed by atoms with Crippen LogP contribution in [0.1, 0.15) is 110 Å². The first-order valence-corrected chi connectivity index (χ1v) is 10.0. The van der Waals surface area contributed by atoms with Gasteiger partial charge in [0, 0.05) is 5.57 Å². The van der Waals surface area contributed by atoms with E-state index in [4.69, 9.17) is 4.74 Å². The SMILES string of the molecule is CCCCC=C(CCCCCCCCCCCCC)C(=O)OC. The summed E-state index contributed by atoms with van der Waals surface area (Å²) in [6.45, 7) is 4.44. The number of hydrogen-bond donors (Lipinski definition) is 0. The average Bonchev–Trinajstić information content (AvgIpc) is 2.57. The van der Waals surface area contributed by atoms with Crippen LogP contribution < -0.4 is 0 Å². The molecule has 23 heavy (non-hydrogen) atoms. The number of methoxy groups -OCH3 is 1. The predicted octanol–water partition coefficient (Wildman–Crippen LogP) is 6.98. The fourth-order valence-electron chi connectivity index (χ4n) is 2.88. The summed E-state index contributed by atoms with van der Waals surface area (Å²) in [4.78, 5) is 11.7. The quantitative estimate of drug-likeness (QED) is 0.174. The number of esters is 1. The van der Waals surface area contributed by atoms with E-state index < -0.39 is 0 Å². The maximum Gasteiger partial charge on any atom is 0.333 e. The molecule has 0 rings (SSSR count). The third-order valence-corrected chi connectivity index (χ3v) is 4.45. The van der Waals surface area contributed by atoms with E-state index in [1.54, 1.807) is 0 Å². The maximum absolute atomic E-state index is 11.7. The maximum atomic E-state index is 11.7. The van der Waals surface area contributed by atoms with Crippen LogP contribution in [0.4, 0.5) is 0 Å². The molecule has 0 aromatic heterocycles.